The molecule has 0 unspecified atom stereocenters. The Morgan fingerprint density at radius 2 is 2.46 bits per heavy atom. The third kappa shape index (κ3) is 3.15. The summed E-state index contributed by atoms with van der Waals surface area (Å²) in [5, 5.41) is 0. The Kier molecular flexibility index (Phi) is 3.31. The minimum absolute atomic E-state index is 0.247. The quantitative estimate of drug-likeness (QED) is 0.525. The lowest BCUT2D eigenvalue weighted by atomic mass is 10.1. The summed E-state index contributed by atoms with van der Waals surface area (Å²) in [7, 11) is 1.36. The van der Waals surface area contributed by atoms with E-state index in [9.17, 15) is 4.79 Å². The van der Waals surface area contributed by atoms with Crippen LogP contribution in [0.2, 0.25) is 0 Å². The van der Waals surface area contributed by atoms with Crippen molar-refractivity contribution < 1.29 is 13.9 Å². The monoisotopic (exact) mass is 180 g/mol. The van der Waals surface area contributed by atoms with Crippen LogP contribution < -0.4 is 0 Å². The molecule has 3 nitrogen and oxygen atoms in total. The number of esters is 1. The van der Waals surface area contributed by atoms with Crippen molar-refractivity contribution in [2.45, 2.75) is 12.8 Å². The molecule has 0 radical (unpaired) electrons. The zero-order valence-electron chi connectivity index (χ0n) is 7.58. The van der Waals surface area contributed by atoms with Crippen LogP contribution >= 0.6 is 0 Å². The lowest BCUT2D eigenvalue weighted by Crippen LogP contribution is -2.02. The van der Waals surface area contributed by atoms with E-state index in [1.165, 1.54) is 7.11 Å². The van der Waals surface area contributed by atoms with Crippen LogP contribution in [0.1, 0.15) is 12.2 Å². The maximum Gasteiger partial charge on any atom is 0.309 e. The van der Waals surface area contributed by atoms with E-state index in [-0.39, 0.29) is 12.4 Å². The van der Waals surface area contributed by atoms with Gasteiger partial charge in [-0.1, -0.05) is 12.2 Å². The topological polar surface area (TPSA) is 39.4 Å². The van der Waals surface area contributed by atoms with E-state index in [0.717, 1.165) is 11.3 Å². The van der Waals surface area contributed by atoms with Gasteiger partial charge in [-0.2, -0.15) is 0 Å². The fourth-order valence-electron chi connectivity index (χ4n) is 0.998. The highest BCUT2D eigenvalue weighted by atomic mass is 16.5. The third-order valence-electron chi connectivity index (χ3n) is 1.63. The van der Waals surface area contributed by atoms with Crippen molar-refractivity contribution in [3.05, 3.63) is 36.3 Å². The van der Waals surface area contributed by atoms with Crippen molar-refractivity contribution >= 4 is 5.97 Å². The lowest BCUT2D eigenvalue weighted by Gasteiger charge is -2.01. The number of furan rings is 1. The Morgan fingerprint density at radius 1 is 1.69 bits per heavy atom. The second-order valence-electron chi connectivity index (χ2n) is 2.76. The molecule has 0 aromatic carbocycles. The summed E-state index contributed by atoms with van der Waals surface area (Å²) in [6, 6.07) is 3.66. The van der Waals surface area contributed by atoms with Crippen LogP contribution in [0.25, 0.3) is 0 Å². The SMILES string of the molecule is C=C(CC(=O)OC)Cc1ccco1. The number of methoxy groups -OCH3 is 1. The fraction of sp³-hybridized carbons (Fsp3) is 0.300. The molecular formula is C10H12O3. The van der Waals surface area contributed by atoms with Gasteiger partial charge in [0.25, 0.3) is 0 Å². The molecule has 0 amide bonds. The normalized spacial score (nSPS) is 9.62. The van der Waals surface area contributed by atoms with E-state index in [1.807, 2.05) is 6.07 Å². The lowest BCUT2D eigenvalue weighted by molar-refractivity contribution is -0.139. The van der Waals surface area contributed by atoms with Crippen molar-refractivity contribution in [2.24, 2.45) is 0 Å². The van der Waals surface area contributed by atoms with Crippen LogP contribution in [-0.4, -0.2) is 13.1 Å². The molecule has 0 atom stereocenters. The molecule has 13 heavy (non-hydrogen) atoms. The molecular weight excluding hydrogens is 168 g/mol. The maximum atomic E-state index is 10.8. The molecule has 0 aliphatic heterocycles. The summed E-state index contributed by atoms with van der Waals surface area (Å²) in [5.41, 5.74) is 0.793. The summed E-state index contributed by atoms with van der Waals surface area (Å²) in [4.78, 5) is 10.8. The van der Waals surface area contributed by atoms with Gasteiger partial charge in [0.2, 0.25) is 0 Å². The molecule has 0 saturated heterocycles. The van der Waals surface area contributed by atoms with E-state index < -0.39 is 0 Å². The highest BCUT2D eigenvalue weighted by Crippen LogP contribution is 2.10. The number of hydrogen-bond acceptors (Lipinski definition) is 3. The Hall–Kier alpha value is -1.51. The van der Waals surface area contributed by atoms with Gasteiger partial charge in [-0.05, 0) is 12.1 Å². The van der Waals surface area contributed by atoms with E-state index in [0.29, 0.717) is 6.42 Å². The van der Waals surface area contributed by atoms with Crippen LogP contribution in [0.3, 0.4) is 0 Å². The number of hydrogen-bond donors (Lipinski definition) is 0. The summed E-state index contributed by atoms with van der Waals surface area (Å²) in [6.45, 7) is 3.76. The summed E-state index contributed by atoms with van der Waals surface area (Å²) in [5.74, 6) is 0.547. The Bertz CT molecular complexity index is 285. The highest BCUT2D eigenvalue weighted by molar-refractivity contribution is 5.72. The first-order valence-corrected chi connectivity index (χ1v) is 3.98. The fourth-order valence-corrected chi connectivity index (χ4v) is 0.998. The second-order valence-corrected chi connectivity index (χ2v) is 2.76. The Morgan fingerprint density at radius 3 is 3.00 bits per heavy atom. The van der Waals surface area contributed by atoms with E-state index in [2.05, 4.69) is 11.3 Å². The minimum atomic E-state index is -0.267. The molecule has 0 aliphatic carbocycles. The van der Waals surface area contributed by atoms with Crippen LogP contribution in [0.4, 0.5) is 0 Å². The van der Waals surface area contributed by atoms with Crippen LogP contribution in [0.15, 0.2) is 35.0 Å². The van der Waals surface area contributed by atoms with Crippen molar-refractivity contribution in [3.63, 3.8) is 0 Å². The van der Waals surface area contributed by atoms with Crippen molar-refractivity contribution in [1.82, 2.24) is 0 Å². The molecule has 1 rings (SSSR count). The first-order chi connectivity index (χ1) is 6.22. The molecule has 0 fully saturated rings. The van der Waals surface area contributed by atoms with Gasteiger partial charge in [-0.25, -0.2) is 0 Å². The van der Waals surface area contributed by atoms with Gasteiger partial charge in [-0.3, -0.25) is 4.79 Å². The molecule has 0 N–H and O–H groups in total. The number of rotatable bonds is 4. The maximum absolute atomic E-state index is 10.8. The first kappa shape index (κ1) is 9.58. The molecule has 1 heterocycles. The molecule has 3 heteroatoms. The first-order valence-electron chi connectivity index (χ1n) is 3.98. The van der Waals surface area contributed by atoms with E-state index >= 15 is 0 Å². The summed E-state index contributed by atoms with van der Waals surface area (Å²) in [6.07, 6.45) is 2.43. The smallest absolute Gasteiger partial charge is 0.309 e. The van der Waals surface area contributed by atoms with Crippen LogP contribution in [0, 0.1) is 0 Å². The van der Waals surface area contributed by atoms with Crippen molar-refractivity contribution in [1.29, 1.82) is 0 Å². The van der Waals surface area contributed by atoms with Gasteiger partial charge in [-0.15, -0.1) is 0 Å². The molecule has 70 valence electrons. The molecule has 0 bridgehead atoms. The molecule has 0 aliphatic rings. The number of ether oxygens (including phenoxy) is 1. The Labute approximate surface area is 77.0 Å². The molecule has 1 aromatic rings. The van der Waals surface area contributed by atoms with Gasteiger partial charge in [0.1, 0.15) is 5.76 Å². The van der Waals surface area contributed by atoms with Crippen LogP contribution in [-0.2, 0) is 16.0 Å². The van der Waals surface area contributed by atoms with Gasteiger partial charge in [0.15, 0.2) is 0 Å². The predicted molar refractivity (Wildman–Crippen MR) is 48.2 cm³/mol. The van der Waals surface area contributed by atoms with Crippen LogP contribution in [0.5, 0.6) is 0 Å². The predicted octanol–water partition coefficient (Wildman–Crippen LogP) is 1.94. The second kappa shape index (κ2) is 4.50. The zero-order chi connectivity index (χ0) is 9.68. The third-order valence-corrected chi connectivity index (χ3v) is 1.63. The summed E-state index contributed by atoms with van der Waals surface area (Å²) < 4.78 is 9.62. The largest absolute Gasteiger partial charge is 0.469 e. The highest BCUT2D eigenvalue weighted by Gasteiger charge is 2.05. The number of carbonyl (C=O) groups excluding carboxylic acids is 1. The molecule has 0 spiro atoms. The summed E-state index contributed by atoms with van der Waals surface area (Å²) >= 11 is 0. The van der Waals surface area contributed by atoms with Gasteiger partial charge in [0.05, 0.1) is 19.8 Å². The minimum Gasteiger partial charge on any atom is -0.469 e. The standard InChI is InChI=1S/C10H12O3/c1-8(7-10(11)12-2)6-9-4-3-5-13-9/h3-5H,1,6-7H2,2H3. The van der Waals surface area contributed by atoms with Gasteiger partial charge < -0.3 is 9.15 Å². The molecule has 0 saturated carbocycles. The van der Waals surface area contributed by atoms with Gasteiger partial charge >= 0.3 is 5.97 Å². The van der Waals surface area contributed by atoms with Crippen molar-refractivity contribution in [3.8, 4) is 0 Å². The van der Waals surface area contributed by atoms with E-state index in [1.54, 1.807) is 12.3 Å². The van der Waals surface area contributed by atoms with Gasteiger partial charge in [0, 0.05) is 6.42 Å². The Balaban J connectivity index is 2.38. The number of carbonyl (C=O) groups is 1. The van der Waals surface area contributed by atoms with Crippen molar-refractivity contribution in [2.75, 3.05) is 7.11 Å². The average Bonchev–Trinajstić information content (AvgIpc) is 2.56. The molecule has 1 aromatic heterocycles. The van der Waals surface area contributed by atoms with E-state index in [4.69, 9.17) is 4.42 Å². The zero-order valence-corrected chi connectivity index (χ0v) is 7.58. The average molecular weight is 180 g/mol.